The van der Waals surface area contributed by atoms with Gasteiger partial charge < -0.3 is 0 Å². The molecule has 0 saturated heterocycles. The molecular formula is C6H10S. The fourth-order valence-corrected chi connectivity index (χ4v) is 0.683. The van der Waals surface area contributed by atoms with Gasteiger partial charge in [-0.15, -0.1) is 11.8 Å². The zero-order chi connectivity index (χ0) is 5.54. The van der Waals surface area contributed by atoms with Gasteiger partial charge in [0, 0.05) is 11.5 Å². The van der Waals surface area contributed by atoms with Crippen LogP contribution in [0.2, 0.25) is 0 Å². The molecule has 0 aliphatic carbocycles. The highest BCUT2D eigenvalue weighted by Gasteiger charge is 1.73. The number of thioether (sulfide) groups is 1. The average molecular weight is 114 g/mol. The third-order valence-electron chi connectivity index (χ3n) is 0.560. The first-order valence-electron chi connectivity index (χ1n) is 2.31. The average Bonchev–Trinajstić information content (AvgIpc) is 1.69. The molecule has 1 heteroatoms. The molecule has 0 aliphatic rings. The van der Waals surface area contributed by atoms with Crippen molar-refractivity contribution >= 4 is 11.8 Å². The van der Waals surface area contributed by atoms with Crippen molar-refractivity contribution in [3.05, 3.63) is 17.9 Å². The Morgan fingerprint density at radius 2 is 2.43 bits per heavy atom. The smallest absolute Gasteiger partial charge is 0.0450 e. The fraction of sp³-hybridized carbons (Fsp3) is 0.500. The third kappa shape index (κ3) is 6.09. The first-order chi connectivity index (χ1) is 3.41. The monoisotopic (exact) mass is 114 g/mol. The van der Waals surface area contributed by atoms with Crippen molar-refractivity contribution < 1.29 is 0 Å². The lowest BCUT2D eigenvalue weighted by atomic mass is 10.6. The van der Waals surface area contributed by atoms with Crippen molar-refractivity contribution in [3.63, 3.8) is 0 Å². The molecule has 0 unspecified atom stereocenters. The summed E-state index contributed by atoms with van der Waals surface area (Å²) in [5.74, 6) is 4.03. The highest BCUT2D eigenvalue weighted by molar-refractivity contribution is 8.01. The van der Waals surface area contributed by atoms with E-state index in [0.717, 1.165) is 5.75 Å². The van der Waals surface area contributed by atoms with Gasteiger partial charge in [-0.1, -0.05) is 12.2 Å². The van der Waals surface area contributed by atoms with Gasteiger partial charge in [-0.2, -0.15) is 0 Å². The van der Waals surface area contributed by atoms with Crippen LogP contribution >= 0.6 is 11.8 Å². The van der Waals surface area contributed by atoms with E-state index in [1.54, 1.807) is 11.8 Å². The molecule has 7 heavy (non-hydrogen) atoms. The summed E-state index contributed by atoms with van der Waals surface area (Å²) in [6, 6.07) is 0. The summed E-state index contributed by atoms with van der Waals surface area (Å²) in [5.41, 5.74) is 0. The molecule has 0 atom stereocenters. The zero-order valence-electron chi connectivity index (χ0n) is 4.77. The molecule has 0 bridgehead atoms. The summed E-state index contributed by atoms with van der Waals surface area (Å²) in [6.07, 6.45) is 4.16. The van der Waals surface area contributed by atoms with E-state index in [4.69, 9.17) is 0 Å². The molecule has 0 rings (SSSR count). The van der Waals surface area contributed by atoms with E-state index in [2.05, 4.69) is 11.8 Å². The van der Waals surface area contributed by atoms with Gasteiger partial charge in [-0.25, -0.2) is 0 Å². The topological polar surface area (TPSA) is 0 Å². The molecule has 0 nitrogen and oxygen atoms in total. The second-order valence-corrected chi connectivity index (χ2v) is 2.11. The Morgan fingerprint density at radius 1 is 1.71 bits per heavy atom. The molecule has 0 N–H and O–H groups in total. The number of rotatable bonds is 3. The molecule has 0 aromatic heterocycles. The van der Waals surface area contributed by atoms with Gasteiger partial charge in [0.25, 0.3) is 0 Å². The molecule has 2 radical (unpaired) electrons. The van der Waals surface area contributed by atoms with Gasteiger partial charge in [0.05, 0.1) is 0 Å². The molecule has 0 aromatic carbocycles. The van der Waals surface area contributed by atoms with Crippen LogP contribution in [0.4, 0.5) is 0 Å². The maximum Gasteiger partial charge on any atom is 0.0450 e. The zero-order valence-corrected chi connectivity index (χ0v) is 5.59. The minimum atomic E-state index is 1.06. The fourth-order valence-electron chi connectivity index (χ4n) is 0.228. The van der Waals surface area contributed by atoms with Crippen molar-refractivity contribution in [1.29, 1.82) is 0 Å². The Balaban J connectivity index is 2.69. The van der Waals surface area contributed by atoms with E-state index in [-0.39, 0.29) is 0 Å². The summed E-state index contributed by atoms with van der Waals surface area (Å²) in [7, 11) is 0. The Morgan fingerprint density at radius 3 is 2.86 bits per heavy atom. The van der Waals surface area contributed by atoms with Gasteiger partial charge in [-0.3, -0.25) is 0 Å². The first-order valence-corrected chi connectivity index (χ1v) is 3.30. The normalized spacial score (nSPS) is 10.6. The van der Waals surface area contributed by atoms with Gasteiger partial charge in [0.15, 0.2) is 0 Å². The lowest BCUT2D eigenvalue weighted by Gasteiger charge is -1.83. The van der Waals surface area contributed by atoms with Crippen LogP contribution in [0.1, 0.15) is 13.8 Å². The van der Waals surface area contributed by atoms with E-state index in [1.807, 2.05) is 19.9 Å². The van der Waals surface area contributed by atoms with E-state index in [1.165, 1.54) is 0 Å². The van der Waals surface area contributed by atoms with E-state index >= 15 is 0 Å². The maximum absolute atomic E-state index is 2.97. The lowest BCUT2D eigenvalue weighted by molar-refractivity contribution is 1.64. The molecule has 40 valence electrons. The summed E-state index contributed by atoms with van der Waals surface area (Å²) >= 11 is 1.70. The predicted molar refractivity (Wildman–Crippen MR) is 36.2 cm³/mol. The lowest BCUT2D eigenvalue weighted by Crippen LogP contribution is -1.63. The van der Waals surface area contributed by atoms with Crippen molar-refractivity contribution in [3.8, 4) is 0 Å². The van der Waals surface area contributed by atoms with Gasteiger partial charge in [-0.05, 0) is 13.8 Å². The molecule has 0 saturated carbocycles. The maximum atomic E-state index is 2.97. The summed E-state index contributed by atoms with van der Waals surface area (Å²) in [6.45, 7) is 3.95. The summed E-state index contributed by atoms with van der Waals surface area (Å²) < 4.78 is 0. The Hall–Kier alpha value is 0.0900. The van der Waals surface area contributed by atoms with Crippen LogP contribution in [0.15, 0.2) is 12.2 Å². The Kier molecular flexibility index (Phi) is 6.17. The third-order valence-corrected chi connectivity index (χ3v) is 1.21. The number of hydrogen-bond acceptors (Lipinski definition) is 1. The van der Waals surface area contributed by atoms with E-state index < -0.39 is 0 Å². The summed E-state index contributed by atoms with van der Waals surface area (Å²) in [5, 5.41) is 0. The quantitative estimate of drug-likeness (QED) is 0.401. The summed E-state index contributed by atoms with van der Waals surface area (Å²) in [4.78, 5) is 0. The Labute approximate surface area is 50.0 Å². The minimum absolute atomic E-state index is 1.06. The second kappa shape index (κ2) is 6.09. The SMILES string of the molecule is C[C]SCC=CC. The first kappa shape index (κ1) is 7.09. The molecule has 0 aromatic rings. The molecule has 0 aliphatic heterocycles. The van der Waals surface area contributed by atoms with Crippen LogP contribution in [-0.2, 0) is 0 Å². The largest absolute Gasteiger partial charge is 0.148 e. The van der Waals surface area contributed by atoms with Crippen molar-refractivity contribution in [2.24, 2.45) is 0 Å². The van der Waals surface area contributed by atoms with Gasteiger partial charge in [0.1, 0.15) is 0 Å². The van der Waals surface area contributed by atoms with E-state index in [9.17, 15) is 0 Å². The predicted octanol–water partition coefficient (Wildman–Crippen LogP) is 2.35. The molecule has 0 spiro atoms. The van der Waals surface area contributed by atoms with Crippen LogP contribution in [0.5, 0.6) is 0 Å². The standard InChI is InChI=1S/C6H10S/c1-3-5-6-7-4-2/h3,5H,6H2,1-2H3. The number of hydrogen-bond donors (Lipinski definition) is 0. The highest BCUT2D eigenvalue weighted by atomic mass is 32.2. The van der Waals surface area contributed by atoms with Crippen LogP contribution in [-0.4, -0.2) is 5.75 Å². The van der Waals surface area contributed by atoms with Crippen LogP contribution < -0.4 is 0 Å². The van der Waals surface area contributed by atoms with Crippen LogP contribution in [0, 0.1) is 5.75 Å². The van der Waals surface area contributed by atoms with E-state index in [0.29, 0.717) is 0 Å². The van der Waals surface area contributed by atoms with Crippen molar-refractivity contribution in [1.82, 2.24) is 0 Å². The number of allylic oxidation sites excluding steroid dienone is 1. The molecule has 0 amide bonds. The van der Waals surface area contributed by atoms with Gasteiger partial charge >= 0.3 is 0 Å². The minimum Gasteiger partial charge on any atom is -0.148 e. The highest BCUT2D eigenvalue weighted by Crippen LogP contribution is 2.02. The van der Waals surface area contributed by atoms with Crippen molar-refractivity contribution in [2.45, 2.75) is 13.8 Å². The Bertz CT molecular complexity index is 48.1. The second-order valence-electron chi connectivity index (χ2n) is 1.08. The molecular weight excluding hydrogens is 104 g/mol. The molecule has 0 heterocycles. The van der Waals surface area contributed by atoms with Crippen molar-refractivity contribution in [2.75, 3.05) is 5.75 Å². The van der Waals surface area contributed by atoms with Gasteiger partial charge in [0.2, 0.25) is 0 Å². The van der Waals surface area contributed by atoms with Crippen LogP contribution in [0.25, 0.3) is 0 Å². The molecule has 0 fully saturated rings. The van der Waals surface area contributed by atoms with Crippen LogP contribution in [0.3, 0.4) is 0 Å².